The molecule has 4 heteroatoms. The molecule has 2 heterocycles. The Morgan fingerprint density at radius 2 is 2.31 bits per heavy atom. The predicted molar refractivity (Wildman–Crippen MR) is 71.9 cm³/mol. The summed E-state index contributed by atoms with van der Waals surface area (Å²) in [6.45, 7) is 1.13. The number of halogens is 1. The number of aromatic nitrogens is 1. The summed E-state index contributed by atoms with van der Waals surface area (Å²) in [5, 5.41) is 4.79. The Hall–Kier alpha value is -0.450. The molecule has 0 saturated carbocycles. The summed E-state index contributed by atoms with van der Waals surface area (Å²) in [5.74, 6) is 0. The van der Waals surface area contributed by atoms with E-state index in [1.54, 1.807) is 0 Å². The van der Waals surface area contributed by atoms with Gasteiger partial charge in [-0.1, -0.05) is 12.5 Å². The molecule has 1 aromatic carbocycles. The van der Waals surface area contributed by atoms with Crippen molar-refractivity contribution in [1.29, 1.82) is 0 Å². The fourth-order valence-corrected chi connectivity index (χ4v) is 3.83. The third-order valence-corrected chi connectivity index (χ3v) is 4.77. The highest BCUT2D eigenvalue weighted by molar-refractivity contribution is 9.10. The maximum atomic E-state index is 4.75. The smallest absolute Gasteiger partial charge is 0.111 e. The second-order valence-corrected chi connectivity index (χ2v) is 6.06. The minimum absolute atomic E-state index is 0.470. The van der Waals surface area contributed by atoms with Crippen molar-refractivity contribution in [2.45, 2.75) is 25.3 Å². The van der Waals surface area contributed by atoms with Crippen molar-refractivity contribution in [2.75, 3.05) is 6.54 Å². The monoisotopic (exact) mass is 296 g/mol. The molecule has 1 aliphatic rings. The maximum absolute atomic E-state index is 4.75. The lowest BCUT2D eigenvalue weighted by Gasteiger charge is -2.20. The highest BCUT2D eigenvalue weighted by atomic mass is 79.9. The second-order valence-electron chi connectivity index (χ2n) is 4.14. The van der Waals surface area contributed by atoms with E-state index < -0.39 is 0 Å². The Morgan fingerprint density at radius 3 is 3.06 bits per heavy atom. The summed E-state index contributed by atoms with van der Waals surface area (Å²) < 4.78 is 2.38. The van der Waals surface area contributed by atoms with Gasteiger partial charge in [0.1, 0.15) is 5.01 Å². The van der Waals surface area contributed by atoms with Crippen LogP contribution in [0.5, 0.6) is 0 Å². The van der Waals surface area contributed by atoms with Crippen LogP contribution in [0.15, 0.2) is 22.7 Å². The van der Waals surface area contributed by atoms with Crippen molar-refractivity contribution in [3.05, 3.63) is 27.7 Å². The van der Waals surface area contributed by atoms with Crippen molar-refractivity contribution < 1.29 is 0 Å². The summed E-state index contributed by atoms with van der Waals surface area (Å²) in [6, 6.07) is 6.74. The molecule has 1 fully saturated rings. The van der Waals surface area contributed by atoms with Crippen LogP contribution in [0.25, 0.3) is 10.2 Å². The molecular weight excluding hydrogens is 284 g/mol. The lowest BCUT2D eigenvalue weighted by Crippen LogP contribution is -2.26. The topological polar surface area (TPSA) is 24.9 Å². The Bertz CT molecular complexity index is 503. The van der Waals surface area contributed by atoms with Gasteiger partial charge in [-0.2, -0.15) is 0 Å². The van der Waals surface area contributed by atoms with Gasteiger partial charge in [0.05, 0.1) is 16.3 Å². The normalized spacial score (nSPS) is 21.4. The first kappa shape index (κ1) is 10.7. The number of hydrogen-bond acceptors (Lipinski definition) is 3. The number of piperidine rings is 1. The van der Waals surface area contributed by atoms with E-state index in [2.05, 4.69) is 39.4 Å². The maximum Gasteiger partial charge on any atom is 0.111 e. The van der Waals surface area contributed by atoms with Gasteiger partial charge in [0.15, 0.2) is 0 Å². The van der Waals surface area contributed by atoms with Crippen LogP contribution in [-0.4, -0.2) is 11.5 Å². The van der Waals surface area contributed by atoms with Crippen LogP contribution in [-0.2, 0) is 0 Å². The minimum atomic E-state index is 0.470. The molecule has 1 aromatic heterocycles. The molecule has 2 nitrogen and oxygen atoms in total. The van der Waals surface area contributed by atoms with E-state index in [-0.39, 0.29) is 0 Å². The molecule has 16 heavy (non-hydrogen) atoms. The average molecular weight is 297 g/mol. The molecule has 0 spiro atoms. The molecule has 1 atom stereocenters. The van der Waals surface area contributed by atoms with Crippen LogP contribution in [0.2, 0.25) is 0 Å². The number of para-hydroxylation sites is 1. The van der Waals surface area contributed by atoms with Crippen LogP contribution >= 0.6 is 27.3 Å². The minimum Gasteiger partial charge on any atom is -0.308 e. The predicted octanol–water partition coefficient (Wildman–Crippen LogP) is 3.87. The number of hydrogen-bond donors (Lipinski definition) is 1. The van der Waals surface area contributed by atoms with Gasteiger partial charge in [0.25, 0.3) is 0 Å². The van der Waals surface area contributed by atoms with Gasteiger partial charge in [-0.15, -0.1) is 11.3 Å². The van der Waals surface area contributed by atoms with E-state index >= 15 is 0 Å². The summed E-state index contributed by atoms with van der Waals surface area (Å²) in [7, 11) is 0. The van der Waals surface area contributed by atoms with Crippen LogP contribution in [0, 0.1) is 0 Å². The zero-order valence-electron chi connectivity index (χ0n) is 8.87. The van der Waals surface area contributed by atoms with Crippen molar-refractivity contribution in [3.8, 4) is 0 Å². The number of nitrogens with one attached hydrogen (secondary N) is 1. The Labute approximate surface area is 107 Å². The molecule has 1 aliphatic heterocycles. The third-order valence-electron chi connectivity index (χ3n) is 2.99. The molecule has 1 N–H and O–H groups in total. The first-order chi connectivity index (χ1) is 7.84. The lowest BCUT2D eigenvalue weighted by atomic mass is 10.1. The van der Waals surface area contributed by atoms with Gasteiger partial charge in [0, 0.05) is 4.47 Å². The van der Waals surface area contributed by atoms with Crippen LogP contribution in [0.3, 0.4) is 0 Å². The molecular formula is C12H13BrN2S. The van der Waals surface area contributed by atoms with Crippen molar-refractivity contribution in [1.82, 2.24) is 10.3 Å². The average Bonchev–Trinajstić information content (AvgIpc) is 2.76. The highest BCUT2D eigenvalue weighted by Gasteiger charge is 2.18. The van der Waals surface area contributed by atoms with Crippen molar-refractivity contribution >= 4 is 37.5 Å². The zero-order chi connectivity index (χ0) is 11.0. The highest BCUT2D eigenvalue weighted by Crippen LogP contribution is 2.33. The van der Waals surface area contributed by atoms with Crippen molar-refractivity contribution in [3.63, 3.8) is 0 Å². The summed E-state index contributed by atoms with van der Waals surface area (Å²) in [5.41, 5.74) is 1.11. The van der Waals surface area contributed by atoms with Gasteiger partial charge in [-0.05, 0) is 47.4 Å². The first-order valence-corrected chi connectivity index (χ1v) is 7.24. The second kappa shape index (κ2) is 4.43. The molecule has 0 bridgehead atoms. The van der Waals surface area contributed by atoms with Gasteiger partial charge < -0.3 is 5.32 Å². The zero-order valence-corrected chi connectivity index (χ0v) is 11.3. The van der Waals surface area contributed by atoms with Gasteiger partial charge in [-0.25, -0.2) is 4.98 Å². The van der Waals surface area contributed by atoms with Crippen LogP contribution in [0.1, 0.15) is 30.3 Å². The van der Waals surface area contributed by atoms with E-state index in [0.717, 1.165) is 16.5 Å². The first-order valence-electron chi connectivity index (χ1n) is 5.63. The summed E-state index contributed by atoms with van der Waals surface area (Å²) in [6.07, 6.45) is 3.83. The van der Waals surface area contributed by atoms with Crippen molar-refractivity contribution in [2.24, 2.45) is 0 Å². The Kier molecular flexibility index (Phi) is 2.96. The fourth-order valence-electron chi connectivity index (χ4n) is 2.14. The SMILES string of the molecule is Brc1cccc2sc(C3CCCCN3)nc12. The van der Waals surface area contributed by atoms with E-state index in [9.17, 15) is 0 Å². The number of benzene rings is 1. The molecule has 1 unspecified atom stereocenters. The lowest BCUT2D eigenvalue weighted by molar-refractivity contribution is 0.411. The Morgan fingerprint density at radius 1 is 1.38 bits per heavy atom. The van der Waals surface area contributed by atoms with E-state index in [1.807, 2.05) is 11.3 Å². The summed E-state index contributed by atoms with van der Waals surface area (Å²) >= 11 is 5.37. The molecule has 1 saturated heterocycles. The van der Waals surface area contributed by atoms with Crippen LogP contribution in [0.4, 0.5) is 0 Å². The van der Waals surface area contributed by atoms with E-state index in [4.69, 9.17) is 4.98 Å². The standard InChI is InChI=1S/C12H13BrN2S/c13-8-4-3-6-10-11(8)15-12(16-10)9-5-1-2-7-14-9/h3-4,6,9,14H,1-2,5,7H2. The molecule has 0 radical (unpaired) electrons. The molecule has 84 valence electrons. The number of fused-ring (bicyclic) bond motifs is 1. The fraction of sp³-hybridized carbons (Fsp3) is 0.417. The van der Waals surface area contributed by atoms with Gasteiger partial charge in [-0.3, -0.25) is 0 Å². The van der Waals surface area contributed by atoms with Gasteiger partial charge >= 0.3 is 0 Å². The number of thiazole rings is 1. The van der Waals surface area contributed by atoms with Gasteiger partial charge in [0.2, 0.25) is 0 Å². The molecule has 0 aliphatic carbocycles. The number of nitrogens with zero attached hydrogens (tertiary/aromatic N) is 1. The molecule has 2 aromatic rings. The Balaban J connectivity index is 2.01. The van der Waals surface area contributed by atoms with Crippen LogP contribution < -0.4 is 5.32 Å². The number of rotatable bonds is 1. The van der Waals surface area contributed by atoms with E-state index in [1.165, 1.54) is 29.0 Å². The largest absolute Gasteiger partial charge is 0.308 e. The summed E-state index contributed by atoms with van der Waals surface area (Å²) in [4.78, 5) is 4.75. The molecule has 3 rings (SSSR count). The quantitative estimate of drug-likeness (QED) is 0.864. The third kappa shape index (κ3) is 1.90. The van der Waals surface area contributed by atoms with E-state index in [0.29, 0.717) is 6.04 Å². The molecule has 0 amide bonds.